The van der Waals surface area contributed by atoms with Crippen LogP contribution in [0.25, 0.3) is 0 Å². The second-order valence-corrected chi connectivity index (χ2v) is 5.14. The van der Waals surface area contributed by atoms with Crippen molar-refractivity contribution in [3.8, 4) is 0 Å². The minimum atomic E-state index is 0.360. The summed E-state index contributed by atoms with van der Waals surface area (Å²) in [5.41, 5.74) is 2.58. The van der Waals surface area contributed by atoms with Crippen LogP contribution in [0.1, 0.15) is 49.7 Å². The van der Waals surface area contributed by atoms with E-state index in [1.54, 1.807) is 6.26 Å². The van der Waals surface area contributed by atoms with E-state index in [0.29, 0.717) is 6.04 Å². The molecule has 4 heteroatoms. The minimum Gasteiger partial charge on any atom is -0.469 e. The smallest absolute Gasteiger partial charge is 0.108 e. The Kier molecular flexibility index (Phi) is 5.41. The molecule has 0 bridgehead atoms. The highest BCUT2D eigenvalue weighted by Crippen LogP contribution is 2.24. The zero-order valence-corrected chi connectivity index (χ0v) is 12.7. The molecule has 1 unspecified atom stereocenters. The van der Waals surface area contributed by atoms with Gasteiger partial charge >= 0.3 is 0 Å². The number of hydrogen-bond donors (Lipinski definition) is 1. The first-order valence-electron chi connectivity index (χ1n) is 7.52. The molecule has 0 radical (unpaired) electrons. The van der Waals surface area contributed by atoms with Crippen LogP contribution in [0.5, 0.6) is 0 Å². The number of hydrogen-bond acceptors (Lipinski definition) is 3. The summed E-state index contributed by atoms with van der Waals surface area (Å²) in [6.45, 7) is 5.37. The van der Waals surface area contributed by atoms with Crippen LogP contribution < -0.4 is 5.32 Å². The average molecular weight is 275 g/mol. The topological polar surface area (TPSA) is 43.0 Å². The lowest BCUT2D eigenvalue weighted by Crippen LogP contribution is -2.23. The second kappa shape index (κ2) is 7.29. The molecular weight excluding hydrogens is 250 g/mol. The third-order valence-electron chi connectivity index (χ3n) is 3.73. The molecule has 1 atom stereocenters. The minimum absolute atomic E-state index is 0.360. The van der Waals surface area contributed by atoms with Gasteiger partial charge in [-0.2, -0.15) is 5.10 Å². The van der Waals surface area contributed by atoms with E-state index in [1.807, 2.05) is 17.9 Å². The van der Waals surface area contributed by atoms with Crippen LogP contribution in [-0.4, -0.2) is 16.3 Å². The fourth-order valence-electron chi connectivity index (χ4n) is 2.57. The van der Waals surface area contributed by atoms with Gasteiger partial charge in [-0.3, -0.25) is 4.68 Å². The van der Waals surface area contributed by atoms with E-state index in [-0.39, 0.29) is 0 Å². The summed E-state index contributed by atoms with van der Waals surface area (Å²) in [6, 6.07) is 4.56. The monoisotopic (exact) mass is 275 g/mol. The number of rotatable bonds is 8. The van der Waals surface area contributed by atoms with Crippen molar-refractivity contribution in [3.63, 3.8) is 0 Å². The molecule has 20 heavy (non-hydrogen) atoms. The molecule has 2 heterocycles. The lowest BCUT2D eigenvalue weighted by Gasteiger charge is -2.18. The summed E-state index contributed by atoms with van der Waals surface area (Å²) in [7, 11) is 2.00. The molecule has 0 fully saturated rings. The standard InChI is InChI=1S/C16H25N3O/c1-4-10-17-15(14-9-12-20-16(14)5-2)7-6-13-8-11-18-19(13)3/h8-9,11-12,15,17H,4-7,10H2,1-3H3. The van der Waals surface area contributed by atoms with Crippen molar-refractivity contribution in [1.29, 1.82) is 0 Å². The maximum Gasteiger partial charge on any atom is 0.108 e. The first kappa shape index (κ1) is 14.9. The van der Waals surface area contributed by atoms with Crippen LogP contribution in [-0.2, 0) is 19.9 Å². The maximum absolute atomic E-state index is 5.58. The normalized spacial score (nSPS) is 12.8. The van der Waals surface area contributed by atoms with Gasteiger partial charge in [0.2, 0.25) is 0 Å². The summed E-state index contributed by atoms with van der Waals surface area (Å²) < 4.78 is 7.53. The molecule has 0 saturated heterocycles. The number of nitrogens with zero attached hydrogens (tertiary/aromatic N) is 2. The molecular formula is C16H25N3O. The fourth-order valence-corrected chi connectivity index (χ4v) is 2.57. The molecule has 0 spiro atoms. The van der Waals surface area contributed by atoms with Gasteiger partial charge < -0.3 is 9.73 Å². The Morgan fingerprint density at radius 2 is 2.20 bits per heavy atom. The number of aromatic nitrogens is 2. The van der Waals surface area contributed by atoms with E-state index in [4.69, 9.17) is 4.42 Å². The SMILES string of the molecule is CCCNC(CCc1ccnn1C)c1ccoc1CC. The Morgan fingerprint density at radius 1 is 1.35 bits per heavy atom. The number of furan rings is 1. The Bertz CT molecular complexity index is 515. The Morgan fingerprint density at radius 3 is 2.85 bits per heavy atom. The van der Waals surface area contributed by atoms with Crippen LogP contribution in [0.3, 0.4) is 0 Å². The number of aryl methyl sites for hydroxylation is 3. The molecule has 4 nitrogen and oxygen atoms in total. The largest absolute Gasteiger partial charge is 0.469 e. The van der Waals surface area contributed by atoms with Crippen molar-refractivity contribution in [1.82, 2.24) is 15.1 Å². The molecule has 0 aliphatic rings. The first-order valence-corrected chi connectivity index (χ1v) is 7.52. The molecule has 1 N–H and O–H groups in total. The van der Waals surface area contributed by atoms with Crippen molar-refractivity contribution < 1.29 is 4.42 Å². The quantitative estimate of drug-likeness (QED) is 0.804. The van der Waals surface area contributed by atoms with E-state index in [0.717, 1.165) is 38.0 Å². The van der Waals surface area contributed by atoms with Crippen LogP contribution >= 0.6 is 0 Å². The zero-order valence-electron chi connectivity index (χ0n) is 12.7. The van der Waals surface area contributed by atoms with Crippen LogP contribution in [0, 0.1) is 0 Å². The van der Waals surface area contributed by atoms with Gasteiger partial charge in [-0.25, -0.2) is 0 Å². The Hall–Kier alpha value is -1.55. The number of nitrogens with one attached hydrogen (secondary N) is 1. The summed E-state index contributed by atoms with van der Waals surface area (Å²) in [5, 5.41) is 7.87. The predicted molar refractivity (Wildman–Crippen MR) is 80.6 cm³/mol. The van der Waals surface area contributed by atoms with Crippen molar-refractivity contribution in [2.45, 2.75) is 45.6 Å². The third-order valence-corrected chi connectivity index (χ3v) is 3.73. The van der Waals surface area contributed by atoms with Crippen molar-refractivity contribution in [2.75, 3.05) is 6.54 Å². The van der Waals surface area contributed by atoms with Gasteiger partial charge in [-0.15, -0.1) is 0 Å². The maximum atomic E-state index is 5.58. The van der Waals surface area contributed by atoms with Crippen LogP contribution in [0.2, 0.25) is 0 Å². The molecule has 110 valence electrons. The molecule has 0 aromatic carbocycles. The molecule has 0 saturated carbocycles. The van der Waals surface area contributed by atoms with Crippen molar-refractivity contribution in [3.05, 3.63) is 41.6 Å². The van der Waals surface area contributed by atoms with E-state index in [9.17, 15) is 0 Å². The van der Waals surface area contributed by atoms with Gasteiger partial charge in [-0.05, 0) is 37.9 Å². The lowest BCUT2D eigenvalue weighted by atomic mass is 10.00. The molecule has 2 aromatic heterocycles. The molecule has 0 amide bonds. The van der Waals surface area contributed by atoms with Crippen LogP contribution in [0.15, 0.2) is 29.0 Å². The van der Waals surface area contributed by atoms with Gasteiger partial charge in [-0.1, -0.05) is 13.8 Å². The lowest BCUT2D eigenvalue weighted by molar-refractivity contribution is 0.463. The summed E-state index contributed by atoms with van der Waals surface area (Å²) in [6.07, 6.45) is 7.83. The Balaban J connectivity index is 2.05. The zero-order chi connectivity index (χ0) is 14.4. The molecule has 2 aromatic rings. The second-order valence-electron chi connectivity index (χ2n) is 5.14. The molecule has 2 rings (SSSR count). The van der Waals surface area contributed by atoms with Gasteiger partial charge in [0, 0.05) is 37.0 Å². The highest BCUT2D eigenvalue weighted by atomic mass is 16.3. The van der Waals surface area contributed by atoms with E-state index in [1.165, 1.54) is 11.3 Å². The molecule has 0 aliphatic heterocycles. The fraction of sp³-hybridized carbons (Fsp3) is 0.562. The van der Waals surface area contributed by atoms with E-state index < -0.39 is 0 Å². The summed E-state index contributed by atoms with van der Waals surface area (Å²) in [5.74, 6) is 1.10. The van der Waals surface area contributed by atoms with Gasteiger partial charge in [0.05, 0.1) is 6.26 Å². The molecule has 0 aliphatic carbocycles. The van der Waals surface area contributed by atoms with Gasteiger partial charge in [0.25, 0.3) is 0 Å². The average Bonchev–Trinajstić information content (AvgIpc) is 3.08. The van der Waals surface area contributed by atoms with Crippen LogP contribution in [0.4, 0.5) is 0 Å². The van der Waals surface area contributed by atoms with E-state index >= 15 is 0 Å². The summed E-state index contributed by atoms with van der Waals surface area (Å²) in [4.78, 5) is 0. The van der Waals surface area contributed by atoms with Gasteiger partial charge in [0.15, 0.2) is 0 Å². The van der Waals surface area contributed by atoms with Gasteiger partial charge in [0.1, 0.15) is 5.76 Å². The summed E-state index contributed by atoms with van der Waals surface area (Å²) >= 11 is 0. The third kappa shape index (κ3) is 3.51. The Labute approximate surface area is 121 Å². The van der Waals surface area contributed by atoms with Crippen molar-refractivity contribution >= 4 is 0 Å². The highest BCUT2D eigenvalue weighted by molar-refractivity contribution is 5.22. The highest BCUT2D eigenvalue weighted by Gasteiger charge is 2.17. The van der Waals surface area contributed by atoms with Crippen molar-refractivity contribution in [2.24, 2.45) is 7.05 Å². The predicted octanol–water partition coefficient (Wildman–Crippen LogP) is 3.25. The first-order chi connectivity index (χ1) is 9.76. The van der Waals surface area contributed by atoms with E-state index in [2.05, 4.69) is 36.4 Å².